The van der Waals surface area contributed by atoms with Gasteiger partial charge in [-0.1, -0.05) is 0 Å². The van der Waals surface area contributed by atoms with Crippen molar-refractivity contribution in [2.75, 3.05) is 72.4 Å². The SMILES string of the molecule is CC1CC(N(c2nc(NCCN(CCNc3nc(NC4CC(C)(C)N(O)C(C)(C)C4)nc(N(C4CC(C)(C)N(O)C(C)(C)C4)C4CC(C)(C)N(O)C(C)(C)C4)n3)c3nc(NC4CC(C)(C)N(O)C(C)(C)C4)nc(N(C4CC(C)N(O)C(C)(C)C4)C4CC(C)(C)N(O)C(C)(C)C4)n3)nc(NC3CC(C)(C)N(O)C(C)(C)C3)n2)C2CC(C)(C)N(O)C(C)(C)C2)CC(C)(C)N1O. The van der Waals surface area contributed by atoms with Gasteiger partial charge in [-0.05, 0) is 351 Å². The summed E-state index contributed by atoms with van der Waals surface area (Å²) in [7, 11) is 0. The minimum absolute atomic E-state index is 0.175. The molecule has 9 aliphatic rings. The van der Waals surface area contributed by atoms with E-state index in [0.717, 1.165) is 0 Å². The number of piperidine rings is 9. The largest absolute Gasteiger partial charge is 0.352 e. The number of nitrogens with zero attached hydrogens (tertiary/aromatic N) is 22. The Balaban J connectivity index is 1.04. The Labute approximate surface area is 765 Å². The molecule has 12 rings (SSSR count). The van der Waals surface area contributed by atoms with Gasteiger partial charge in [0.2, 0.25) is 53.5 Å². The van der Waals surface area contributed by atoms with Crippen molar-refractivity contribution >= 4 is 53.5 Å². The van der Waals surface area contributed by atoms with Crippen molar-refractivity contribution in [3.05, 3.63) is 0 Å². The number of anilines is 9. The highest BCUT2D eigenvalue weighted by Gasteiger charge is 2.58. The molecule has 36 heteroatoms. The molecular weight excluding hydrogens is 1630 g/mol. The lowest BCUT2D eigenvalue weighted by atomic mass is 9.75. The van der Waals surface area contributed by atoms with Gasteiger partial charge >= 0.3 is 0 Å². The molecule has 128 heavy (non-hydrogen) atoms. The molecular formula is C92H171N27O9. The number of hydroxylamine groups is 18. The van der Waals surface area contributed by atoms with Crippen molar-refractivity contribution in [1.29, 1.82) is 0 Å². The molecule has 0 spiro atoms. The monoisotopic (exact) mass is 1800 g/mol. The van der Waals surface area contributed by atoms with Crippen LogP contribution < -0.4 is 46.2 Å². The number of rotatable bonds is 24. The van der Waals surface area contributed by atoms with E-state index in [4.69, 9.17) is 44.9 Å². The Morgan fingerprint density at radius 1 is 0.242 bits per heavy atom. The van der Waals surface area contributed by atoms with Gasteiger partial charge in [0.15, 0.2) is 0 Å². The predicted octanol–water partition coefficient (Wildman–Crippen LogP) is 14.8. The van der Waals surface area contributed by atoms with E-state index in [1.54, 1.807) is 0 Å². The van der Waals surface area contributed by atoms with Crippen LogP contribution in [0.3, 0.4) is 0 Å². The number of nitrogens with one attached hydrogen (secondary N) is 5. The third-order valence-electron chi connectivity index (χ3n) is 30.7. The van der Waals surface area contributed by atoms with Crippen LogP contribution in [0, 0.1) is 0 Å². The maximum atomic E-state index is 12.1. The van der Waals surface area contributed by atoms with Crippen LogP contribution in [0.25, 0.3) is 0 Å². The van der Waals surface area contributed by atoms with Crippen LogP contribution in [0.2, 0.25) is 0 Å². The smallest absolute Gasteiger partial charge is 0.232 e. The summed E-state index contributed by atoms with van der Waals surface area (Å²) < 4.78 is 0. The molecule has 728 valence electrons. The lowest BCUT2D eigenvalue weighted by molar-refractivity contribution is -0.251. The van der Waals surface area contributed by atoms with Crippen LogP contribution in [0.5, 0.6) is 0 Å². The number of hydrogen-bond acceptors (Lipinski definition) is 36. The molecule has 0 radical (unpaired) electrons. The Hall–Kier alpha value is -5.49. The van der Waals surface area contributed by atoms with Gasteiger partial charge < -0.3 is 93.0 Å². The van der Waals surface area contributed by atoms with E-state index in [-0.39, 0.29) is 92.6 Å². The van der Waals surface area contributed by atoms with Crippen molar-refractivity contribution in [3.8, 4) is 0 Å². The molecule has 4 unspecified atom stereocenters. The van der Waals surface area contributed by atoms with Crippen molar-refractivity contribution in [2.24, 2.45) is 0 Å². The number of aromatic nitrogens is 9. The second-order valence-corrected chi connectivity index (χ2v) is 50.6. The van der Waals surface area contributed by atoms with E-state index in [1.165, 1.54) is 45.6 Å². The molecule has 3 aromatic heterocycles. The van der Waals surface area contributed by atoms with E-state index in [1.807, 2.05) is 83.1 Å². The highest BCUT2D eigenvalue weighted by molar-refractivity contribution is 5.52. The summed E-state index contributed by atoms with van der Waals surface area (Å²) in [6.45, 7) is 71.1. The van der Waals surface area contributed by atoms with Crippen LogP contribution in [0.1, 0.15) is 351 Å². The summed E-state index contributed by atoms with van der Waals surface area (Å²) in [5.41, 5.74) is -10.6. The molecule has 9 saturated heterocycles. The average molecular weight is 1800 g/mol. The molecule has 0 aromatic carbocycles. The highest BCUT2D eigenvalue weighted by Crippen LogP contribution is 2.51. The summed E-state index contributed by atoms with van der Waals surface area (Å²) in [5.74, 6) is 3.28. The summed E-state index contributed by atoms with van der Waals surface area (Å²) in [6, 6.07) is -2.34. The Morgan fingerprint density at radius 2 is 0.430 bits per heavy atom. The molecule has 0 aliphatic carbocycles. The summed E-state index contributed by atoms with van der Waals surface area (Å²) in [6.07, 6.45) is 10.0. The van der Waals surface area contributed by atoms with Gasteiger partial charge in [-0.15, -0.1) is 0 Å². The van der Waals surface area contributed by atoms with Gasteiger partial charge in [0.1, 0.15) is 0 Å². The topological polar surface area (TPSA) is 400 Å². The quantitative estimate of drug-likeness (QED) is 0.0396. The molecule has 12 heterocycles. The standard InChI is InChI=1S/C92H171N27O9/c1-57-39-62(47-77(3,4)111(57)120)108(64-49-85(19,20)116(125)86(21,22)50-64)74-100-68(98-70(103-74)95-59-41-79(7,8)113(122)80(9,10)42-59)93-35-37-107(73-102-72(97-61-45-83(15,16)115(124)84(17,18)46-61)105-76(106-73)109(63-40-58(2)112(121)78(5,6)48-63)65-51-87(23,24)117(126)88(25,26)52-65)38-36-94-69-99-71(96-60-43-81(11,12)114(123)82(13,14)44-60)104-75(101-69)110(66-53-89(27,28)118(127)90(29,30)54-66)67-55-91(31,32)119(128)92(33,34)56-67/h57-67,120-128H,35-56H2,1-34H3,(H,97,102,105,106)(H2,93,95,98,100,103)(H2,94,96,99,101,104). The maximum absolute atomic E-state index is 12.1. The van der Waals surface area contributed by atoms with E-state index in [9.17, 15) is 46.9 Å². The van der Waals surface area contributed by atoms with Crippen LogP contribution in [-0.4, -0.2) is 319 Å². The molecule has 4 atom stereocenters. The van der Waals surface area contributed by atoms with E-state index in [0.29, 0.717) is 169 Å². The van der Waals surface area contributed by atoms with Crippen LogP contribution in [-0.2, 0) is 0 Å². The lowest BCUT2D eigenvalue weighted by Crippen LogP contribution is -2.67. The van der Waals surface area contributed by atoms with Crippen molar-refractivity contribution < 1.29 is 46.9 Å². The fourth-order valence-corrected chi connectivity index (χ4v) is 26.1. The zero-order chi connectivity index (χ0) is 95.5. The molecule has 0 amide bonds. The first-order valence-electron chi connectivity index (χ1n) is 47.8. The first kappa shape index (κ1) is 101. The first-order chi connectivity index (χ1) is 58.2. The van der Waals surface area contributed by atoms with Gasteiger partial charge in [-0.3, -0.25) is 0 Å². The molecule has 36 nitrogen and oxygen atoms in total. The maximum Gasteiger partial charge on any atom is 0.232 e. The van der Waals surface area contributed by atoms with Gasteiger partial charge in [0, 0.05) is 181 Å². The van der Waals surface area contributed by atoms with E-state index >= 15 is 0 Å². The highest BCUT2D eigenvalue weighted by atomic mass is 16.5. The molecule has 9 aliphatic heterocycles. The molecule has 0 saturated carbocycles. The third-order valence-corrected chi connectivity index (χ3v) is 30.7. The van der Waals surface area contributed by atoms with Gasteiger partial charge in [-0.2, -0.15) is 90.4 Å². The fourth-order valence-electron chi connectivity index (χ4n) is 26.1. The van der Waals surface area contributed by atoms with Crippen molar-refractivity contribution in [1.82, 2.24) is 90.4 Å². The number of hydrogen-bond donors (Lipinski definition) is 14. The minimum Gasteiger partial charge on any atom is -0.352 e. The van der Waals surface area contributed by atoms with Gasteiger partial charge in [0.05, 0.1) is 0 Å². The zero-order valence-corrected chi connectivity index (χ0v) is 84.8. The third kappa shape index (κ3) is 21.0. The summed E-state index contributed by atoms with van der Waals surface area (Å²) >= 11 is 0. The molecule has 0 bridgehead atoms. The first-order valence-corrected chi connectivity index (χ1v) is 47.8. The second kappa shape index (κ2) is 34.7. The molecule has 3 aromatic rings. The van der Waals surface area contributed by atoms with Gasteiger partial charge in [-0.25, -0.2) is 0 Å². The normalized spacial score (nSPS) is 29.6. The second-order valence-electron chi connectivity index (χ2n) is 50.6. The predicted molar refractivity (Wildman–Crippen MR) is 501 cm³/mol. The lowest BCUT2D eigenvalue weighted by Gasteiger charge is -2.58. The van der Waals surface area contributed by atoms with Gasteiger partial charge in [0.25, 0.3) is 0 Å². The van der Waals surface area contributed by atoms with Crippen molar-refractivity contribution in [2.45, 2.75) is 506 Å². The van der Waals surface area contributed by atoms with E-state index in [2.05, 4.69) is 199 Å². The molecule has 14 N–H and O–H groups in total. The summed E-state index contributed by atoms with van der Waals surface area (Å²) in [4.78, 5) is 59.1. The van der Waals surface area contributed by atoms with Crippen molar-refractivity contribution in [3.63, 3.8) is 0 Å². The summed E-state index contributed by atoms with van der Waals surface area (Å²) in [5, 5.41) is 140. The van der Waals surface area contributed by atoms with Crippen LogP contribution in [0.15, 0.2) is 0 Å². The van der Waals surface area contributed by atoms with Crippen LogP contribution >= 0.6 is 0 Å². The Kier molecular flexibility index (Phi) is 27.5. The van der Waals surface area contributed by atoms with Crippen LogP contribution in [0.4, 0.5) is 53.5 Å². The Bertz CT molecular complexity index is 4200. The van der Waals surface area contributed by atoms with E-state index < -0.39 is 88.6 Å². The average Bonchev–Trinajstić information content (AvgIpc) is 0.737. The molecule has 9 fully saturated rings. The fraction of sp³-hybridized carbons (Fsp3) is 0.902. The Morgan fingerprint density at radius 3 is 0.664 bits per heavy atom. The zero-order valence-electron chi connectivity index (χ0n) is 84.8. The minimum atomic E-state index is -0.707.